The van der Waals surface area contributed by atoms with Gasteiger partial charge in [0.25, 0.3) is 0 Å². The third-order valence-corrected chi connectivity index (χ3v) is 7.09. The quantitative estimate of drug-likeness (QED) is 0.329. The molecule has 3 rings (SSSR count). The minimum atomic E-state index is -0.712. The number of aliphatic hydroxyl groups excluding tert-OH is 1. The molecule has 3 nitrogen and oxygen atoms in total. The van der Waals surface area contributed by atoms with E-state index in [0.717, 1.165) is 29.1 Å². The molecule has 4 heteroatoms. The molecular weight excluding hydrogens is 426 g/mol. The number of benzene rings is 3. The van der Waals surface area contributed by atoms with E-state index in [1.807, 2.05) is 85.1 Å². The highest BCUT2D eigenvalue weighted by Crippen LogP contribution is 2.24. The van der Waals surface area contributed by atoms with Crippen molar-refractivity contribution < 1.29 is 9.90 Å². The van der Waals surface area contributed by atoms with Gasteiger partial charge in [0.1, 0.15) is 0 Å². The average molecular weight is 462 g/mol. The Kier molecular flexibility index (Phi) is 10.0. The summed E-state index contributed by atoms with van der Waals surface area (Å²) in [5.41, 5.74) is 3.32. The molecule has 0 radical (unpaired) electrons. The van der Waals surface area contributed by atoms with E-state index in [4.69, 9.17) is 0 Å². The van der Waals surface area contributed by atoms with Gasteiger partial charge in [0.2, 0.25) is 5.91 Å². The Morgan fingerprint density at radius 1 is 0.848 bits per heavy atom. The molecule has 0 aliphatic carbocycles. The molecule has 0 aliphatic rings. The Hall–Kier alpha value is -2.56. The summed E-state index contributed by atoms with van der Waals surface area (Å²) in [6.07, 6.45) is 0.885. The Bertz CT molecular complexity index is 949. The zero-order chi connectivity index (χ0) is 23.5. The fraction of sp³-hybridized carbons (Fsp3) is 0.345. The standard InChI is InChI=1S/C29H35NO2S/c1-23(21-25-13-6-3-7-14-25)29(32)30(24(2)28(31)27-17-10-5-11-18-27)19-12-20-33-22-26-15-8-4-9-16-26/h3-11,13-18,23-24,28,31H,12,19-22H2,1-2H3/t23-,24+,28-/m0/s1. The maximum Gasteiger partial charge on any atom is 0.226 e. The Morgan fingerprint density at radius 3 is 2.00 bits per heavy atom. The van der Waals surface area contributed by atoms with Crippen molar-refractivity contribution in [2.75, 3.05) is 12.3 Å². The molecule has 0 aliphatic heterocycles. The molecule has 0 saturated heterocycles. The van der Waals surface area contributed by atoms with Crippen LogP contribution in [0.25, 0.3) is 0 Å². The average Bonchev–Trinajstić information content (AvgIpc) is 2.86. The highest BCUT2D eigenvalue weighted by molar-refractivity contribution is 7.98. The van der Waals surface area contributed by atoms with Crippen molar-refractivity contribution in [1.29, 1.82) is 0 Å². The van der Waals surface area contributed by atoms with E-state index in [1.54, 1.807) is 0 Å². The number of carbonyl (C=O) groups is 1. The second-order valence-corrected chi connectivity index (χ2v) is 9.72. The van der Waals surface area contributed by atoms with Crippen LogP contribution >= 0.6 is 11.8 Å². The minimum Gasteiger partial charge on any atom is -0.386 e. The normalized spacial score (nSPS) is 13.8. The van der Waals surface area contributed by atoms with Crippen molar-refractivity contribution in [1.82, 2.24) is 4.90 Å². The van der Waals surface area contributed by atoms with Gasteiger partial charge in [-0.15, -0.1) is 0 Å². The molecule has 0 spiro atoms. The predicted octanol–water partition coefficient (Wildman–Crippen LogP) is 6.14. The van der Waals surface area contributed by atoms with E-state index >= 15 is 0 Å². The lowest BCUT2D eigenvalue weighted by Gasteiger charge is -2.34. The van der Waals surface area contributed by atoms with E-state index in [0.29, 0.717) is 13.0 Å². The highest BCUT2D eigenvalue weighted by atomic mass is 32.2. The van der Waals surface area contributed by atoms with Gasteiger partial charge in [-0.25, -0.2) is 0 Å². The zero-order valence-corrected chi connectivity index (χ0v) is 20.5. The van der Waals surface area contributed by atoms with Crippen LogP contribution in [0.15, 0.2) is 91.0 Å². The van der Waals surface area contributed by atoms with Gasteiger partial charge < -0.3 is 10.0 Å². The lowest BCUT2D eigenvalue weighted by Crippen LogP contribution is -2.45. The number of hydrogen-bond acceptors (Lipinski definition) is 3. The Labute approximate surface area is 202 Å². The lowest BCUT2D eigenvalue weighted by atomic mass is 9.97. The van der Waals surface area contributed by atoms with Crippen LogP contribution < -0.4 is 0 Å². The number of carbonyl (C=O) groups excluding carboxylic acids is 1. The smallest absolute Gasteiger partial charge is 0.226 e. The second kappa shape index (κ2) is 13.2. The summed E-state index contributed by atoms with van der Waals surface area (Å²) in [5.74, 6) is 1.91. The van der Waals surface area contributed by atoms with E-state index in [2.05, 4.69) is 36.4 Å². The van der Waals surface area contributed by atoms with E-state index in [1.165, 1.54) is 5.56 Å². The van der Waals surface area contributed by atoms with Gasteiger partial charge in [-0.2, -0.15) is 11.8 Å². The predicted molar refractivity (Wildman–Crippen MR) is 139 cm³/mol. The first-order valence-corrected chi connectivity index (χ1v) is 12.9. The van der Waals surface area contributed by atoms with Crippen molar-refractivity contribution in [3.8, 4) is 0 Å². The topological polar surface area (TPSA) is 40.5 Å². The van der Waals surface area contributed by atoms with E-state index in [-0.39, 0.29) is 17.9 Å². The van der Waals surface area contributed by atoms with Gasteiger partial charge in [-0.3, -0.25) is 4.79 Å². The summed E-state index contributed by atoms with van der Waals surface area (Å²) in [6, 6.07) is 30.0. The first-order valence-electron chi connectivity index (χ1n) is 11.8. The van der Waals surface area contributed by atoms with Crippen molar-refractivity contribution >= 4 is 17.7 Å². The summed E-state index contributed by atoms with van der Waals surface area (Å²) < 4.78 is 0. The molecule has 174 valence electrons. The van der Waals surface area contributed by atoms with Crippen LogP contribution in [0.5, 0.6) is 0 Å². The molecule has 33 heavy (non-hydrogen) atoms. The number of rotatable bonds is 12. The SMILES string of the molecule is C[C@H]([C@H](O)c1ccccc1)N(CCCSCc1ccccc1)C(=O)[C@@H](C)Cc1ccccc1. The molecule has 0 fully saturated rings. The molecule has 0 heterocycles. The van der Waals surface area contributed by atoms with Crippen LogP contribution in [0.3, 0.4) is 0 Å². The summed E-state index contributed by atoms with van der Waals surface area (Å²) >= 11 is 1.89. The third-order valence-electron chi connectivity index (χ3n) is 5.98. The van der Waals surface area contributed by atoms with Gasteiger partial charge in [0.15, 0.2) is 0 Å². The molecule has 3 aromatic rings. The first kappa shape index (κ1) is 25.1. The van der Waals surface area contributed by atoms with Crippen LogP contribution in [0, 0.1) is 5.92 Å². The van der Waals surface area contributed by atoms with Crippen molar-refractivity contribution in [3.05, 3.63) is 108 Å². The number of nitrogens with zero attached hydrogens (tertiary/aromatic N) is 1. The number of thioether (sulfide) groups is 1. The third kappa shape index (κ3) is 7.76. The monoisotopic (exact) mass is 461 g/mol. The van der Waals surface area contributed by atoms with Crippen LogP contribution in [0.1, 0.15) is 43.1 Å². The summed E-state index contributed by atoms with van der Waals surface area (Å²) in [5, 5.41) is 11.0. The fourth-order valence-electron chi connectivity index (χ4n) is 4.05. The number of aliphatic hydroxyl groups is 1. The molecule has 0 unspecified atom stereocenters. The second-order valence-electron chi connectivity index (χ2n) is 8.61. The molecule has 3 aromatic carbocycles. The molecule has 1 amide bonds. The van der Waals surface area contributed by atoms with Crippen LogP contribution in [-0.4, -0.2) is 34.3 Å². The van der Waals surface area contributed by atoms with Crippen LogP contribution in [0.2, 0.25) is 0 Å². The molecule has 0 bridgehead atoms. The Morgan fingerprint density at radius 2 is 1.39 bits per heavy atom. The lowest BCUT2D eigenvalue weighted by molar-refractivity contribution is -0.139. The summed E-state index contributed by atoms with van der Waals surface area (Å²) in [7, 11) is 0. The fourth-order valence-corrected chi connectivity index (χ4v) is 4.96. The molecular formula is C29H35NO2S. The van der Waals surface area contributed by atoms with Gasteiger partial charge in [-0.1, -0.05) is 97.9 Å². The molecule has 0 aromatic heterocycles. The highest BCUT2D eigenvalue weighted by Gasteiger charge is 2.29. The maximum absolute atomic E-state index is 13.5. The minimum absolute atomic E-state index is 0.106. The summed E-state index contributed by atoms with van der Waals surface area (Å²) in [4.78, 5) is 15.4. The van der Waals surface area contributed by atoms with Crippen molar-refractivity contribution in [2.45, 2.75) is 44.6 Å². The molecule has 1 N–H and O–H groups in total. The van der Waals surface area contributed by atoms with Gasteiger partial charge in [0.05, 0.1) is 12.1 Å². The van der Waals surface area contributed by atoms with Crippen LogP contribution in [-0.2, 0) is 17.0 Å². The first-order chi connectivity index (χ1) is 16.1. The van der Waals surface area contributed by atoms with Gasteiger partial charge >= 0.3 is 0 Å². The maximum atomic E-state index is 13.5. The van der Waals surface area contributed by atoms with Crippen molar-refractivity contribution in [2.24, 2.45) is 5.92 Å². The number of amides is 1. The van der Waals surface area contributed by atoms with E-state index < -0.39 is 6.10 Å². The van der Waals surface area contributed by atoms with Gasteiger partial charge in [0, 0.05) is 18.2 Å². The largest absolute Gasteiger partial charge is 0.386 e. The van der Waals surface area contributed by atoms with Crippen LogP contribution in [0.4, 0.5) is 0 Å². The zero-order valence-electron chi connectivity index (χ0n) is 19.6. The number of hydrogen-bond donors (Lipinski definition) is 1. The van der Waals surface area contributed by atoms with Gasteiger partial charge in [-0.05, 0) is 42.2 Å². The molecule has 0 saturated carbocycles. The molecule has 3 atom stereocenters. The van der Waals surface area contributed by atoms with Crippen molar-refractivity contribution in [3.63, 3.8) is 0 Å². The Balaban J connectivity index is 1.63. The van der Waals surface area contributed by atoms with E-state index in [9.17, 15) is 9.90 Å². The summed E-state index contributed by atoms with van der Waals surface area (Å²) in [6.45, 7) is 4.60.